The first kappa shape index (κ1) is 18.7. The predicted molar refractivity (Wildman–Crippen MR) is 101 cm³/mol. The Labute approximate surface area is 149 Å². The predicted octanol–water partition coefficient (Wildman–Crippen LogP) is 0.748. The minimum absolute atomic E-state index is 0.326. The van der Waals surface area contributed by atoms with Crippen molar-refractivity contribution in [3.63, 3.8) is 0 Å². The number of halogens is 2. The van der Waals surface area contributed by atoms with E-state index in [1.54, 1.807) is 7.05 Å². The highest BCUT2D eigenvalue weighted by molar-refractivity contribution is 9.12. The van der Waals surface area contributed by atoms with Crippen molar-refractivity contribution in [1.29, 1.82) is 0 Å². The van der Waals surface area contributed by atoms with Gasteiger partial charge in [-0.15, -0.1) is 0 Å². The first-order valence-corrected chi connectivity index (χ1v) is 8.51. The lowest BCUT2D eigenvalue weighted by molar-refractivity contribution is 0.314. The van der Waals surface area contributed by atoms with Gasteiger partial charge in [0.2, 0.25) is 5.95 Å². The summed E-state index contributed by atoms with van der Waals surface area (Å²) in [6.07, 6.45) is -0.949. The molecule has 1 aromatic heterocycles. The zero-order chi connectivity index (χ0) is 18.0. The number of likely N-dealkylation sites (tertiary alicyclic amines) is 1. The Bertz CT molecular complexity index is 759. The molecule has 1 fully saturated rings. The van der Waals surface area contributed by atoms with Crippen molar-refractivity contribution >= 4 is 39.8 Å². The molecule has 0 bridgehead atoms. The van der Waals surface area contributed by atoms with E-state index in [9.17, 15) is 4.39 Å². The van der Waals surface area contributed by atoms with E-state index in [2.05, 4.69) is 43.1 Å². The summed E-state index contributed by atoms with van der Waals surface area (Å²) in [6, 6.07) is -0.326. The molecule has 8 heteroatoms. The van der Waals surface area contributed by atoms with Crippen LogP contribution < -0.4 is 26.9 Å². The van der Waals surface area contributed by atoms with Crippen molar-refractivity contribution in [3.05, 3.63) is 20.7 Å². The average Bonchev–Trinajstić information content (AvgIpc) is 2.82. The standard InChI is InChI=1S/C16H24BrFN6/c1-8(14(17)9(2)19)13-10(3)21-16(23-15(13)20-4)22-12-7-24(5)6-11(12)18/h11-12H,3,6-7,19H2,1-2,4-5H3,(H2,20,21,22,23)/b13-8+,14-9+. The molecule has 1 aliphatic rings. The van der Waals surface area contributed by atoms with Crippen LogP contribution in [0.1, 0.15) is 13.8 Å². The number of nitrogens with one attached hydrogen (secondary N) is 2. The number of aromatic nitrogens is 2. The molecule has 0 spiro atoms. The van der Waals surface area contributed by atoms with Crippen molar-refractivity contribution in [2.75, 3.05) is 37.8 Å². The van der Waals surface area contributed by atoms with Gasteiger partial charge in [-0.05, 0) is 42.4 Å². The van der Waals surface area contributed by atoms with Crippen LogP contribution in [0.5, 0.6) is 0 Å². The highest BCUT2D eigenvalue weighted by atomic mass is 79.9. The van der Waals surface area contributed by atoms with E-state index in [0.29, 0.717) is 35.9 Å². The van der Waals surface area contributed by atoms with Crippen molar-refractivity contribution < 1.29 is 4.39 Å². The van der Waals surface area contributed by atoms with Crippen LogP contribution in [0, 0.1) is 0 Å². The van der Waals surface area contributed by atoms with Gasteiger partial charge in [-0.1, -0.05) is 6.58 Å². The zero-order valence-corrected chi connectivity index (χ0v) is 16.0. The highest BCUT2D eigenvalue weighted by Gasteiger charge is 2.31. The van der Waals surface area contributed by atoms with Gasteiger partial charge in [0, 0.05) is 35.5 Å². The largest absolute Gasteiger partial charge is 0.401 e. The van der Waals surface area contributed by atoms with Crippen LogP contribution in [0.25, 0.3) is 12.2 Å². The third-order valence-electron chi connectivity index (χ3n) is 4.02. The Hall–Kier alpha value is -1.67. The third-order valence-corrected chi connectivity index (χ3v) is 5.24. The van der Waals surface area contributed by atoms with Gasteiger partial charge in [-0.25, -0.2) is 9.37 Å². The van der Waals surface area contributed by atoms with E-state index in [4.69, 9.17) is 5.73 Å². The number of nitrogens with two attached hydrogens (primary N) is 1. The molecule has 24 heavy (non-hydrogen) atoms. The summed E-state index contributed by atoms with van der Waals surface area (Å²) in [5.74, 6) is 0.989. The molecule has 6 nitrogen and oxygen atoms in total. The van der Waals surface area contributed by atoms with Crippen LogP contribution in [0.2, 0.25) is 0 Å². The molecule has 0 aromatic carbocycles. The number of alkyl halides is 1. The molecule has 2 unspecified atom stereocenters. The van der Waals surface area contributed by atoms with Crippen molar-refractivity contribution in [1.82, 2.24) is 14.9 Å². The van der Waals surface area contributed by atoms with E-state index in [1.807, 2.05) is 25.8 Å². The van der Waals surface area contributed by atoms with Gasteiger partial charge in [0.05, 0.1) is 11.4 Å². The molecule has 2 rings (SSSR count). The van der Waals surface area contributed by atoms with Gasteiger partial charge in [0.25, 0.3) is 0 Å². The van der Waals surface area contributed by atoms with E-state index in [-0.39, 0.29) is 6.04 Å². The lowest BCUT2D eigenvalue weighted by atomic mass is 10.2. The molecular weight excluding hydrogens is 375 g/mol. The summed E-state index contributed by atoms with van der Waals surface area (Å²) in [4.78, 5) is 10.8. The van der Waals surface area contributed by atoms with E-state index < -0.39 is 6.17 Å². The van der Waals surface area contributed by atoms with Crippen LogP contribution in [0.4, 0.5) is 16.2 Å². The van der Waals surface area contributed by atoms with Crippen LogP contribution in [0.15, 0.2) is 10.2 Å². The van der Waals surface area contributed by atoms with Crippen molar-refractivity contribution in [3.8, 4) is 0 Å². The second-order valence-electron chi connectivity index (χ2n) is 6.08. The molecule has 0 radical (unpaired) electrons. The minimum Gasteiger partial charge on any atom is -0.401 e. The Morgan fingerprint density at radius 1 is 1.38 bits per heavy atom. The summed E-state index contributed by atoms with van der Waals surface area (Å²) in [6.45, 7) is 8.77. The fraction of sp³-hybridized carbons (Fsp3) is 0.500. The van der Waals surface area contributed by atoms with Gasteiger partial charge >= 0.3 is 0 Å². The molecule has 4 N–H and O–H groups in total. The lowest BCUT2D eigenvalue weighted by Crippen LogP contribution is -2.37. The smallest absolute Gasteiger partial charge is 0.225 e. The molecular formula is C16H24BrFN6. The molecule has 0 saturated carbocycles. The van der Waals surface area contributed by atoms with Crippen LogP contribution in [-0.4, -0.2) is 54.3 Å². The molecule has 2 atom stereocenters. The number of hydrogen-bond acceptors (Lipinski definition) is 6. The summed E-state index contributed by atoms with van der Waals surface area (Å²) in [5, 5.41) is 7.46. The van der Waals surface area contributed by atoms with E-state index in [1.165, 1.54) is 0 Å². The number of hydrogen-bond donors (Lipinski definition) is 3. The van der Waals surface area contributed by atoms with Crippen molar-refractivity contribution in [2.24, 2.45) is 5.73 Å². The highest BCUT2D eigenvalue weighted by Crippen LogP contribution is 2.19. The Morgan fingerprint density at radius 3 is 2.54 bits per heavy atom. The van der Waals surface area contributed by atoms with Gasteiger partial charge in [0.1, 0.15) is 12.0 Å². The molecule has 1 aromatic rings. The second kappa shape index (κ2) is 7.48. The maximum Gasteiger partial charge on any atom is 0.225 e. The minimum atomic E-state index is -0.949. The van der Waals surface area contributed by atoms with Crippen LogP contribution in [0.3, 0.4) is 0 Å². The number of allylic oxidation sites excluding steroid dienone is 2. The molecule has 1 saturated heterocycles. The Morgan fingerprint density at radius 2 is 2.04 bits per heavy atom. The molecule has 132 valence electrons. The molecule has 0 aliphatic carbocycles. The number of anilines is 2. The number of nitrogens with zero attached hydrogens (tertiary/aromatic N) is 3. The fourth-order valence-electron chi connectivity index (χ4n) is 2.80. The van der Waals surface area contributed by atoms with Crippen LogP contribution in [-0.2, 0) is 0 Å². The molecule has 0 amide bonds. The number of likely N-dealkylation sites (N-methyl/N-ethyl adjacent to an activating group) is 1. The fourth-order valence-corrected chi connectivity index (χ4v) is 3.00. The van der Waals surface area contributed by atoms with Gasteiger partial charge < -0.3 is 21.3 Å². The summed E-state index contributed by atoms with van der Waals surface area (Å²) in [5.41, 5.74) is 7.40. The first-order chi connectivity index (χ1) is 11.2. The summed E-state index contributed by atoms with van der Waals surface area (Å²) < 4.78 is 14.8. The Balaban J connectivity index is 2.47. The van der Waals surface area contributed by atoms with Gasteiger partial charge in [-0.3, -0.25) is 0 Å². The summed E-state index contributed by atoms with van der Waals surface area (Å²) >= 11 is 3.48. The Kier molecular flexibility index (Phi) is 5.82. The topological polar surface area (TPSA) is 79.1 Å². The lowest BCUT2D eigenvalue weighted by Gasteiger charge is -2.15. The van der Waals surface area contributed by atoms with E-state index >= 15 is 0 Å². The first-order valence-electron chi connectivity index (χ1n) is 7.71. The quantitative estimate of drug-likeness (QED) is 0.694. The normalized spacial score (nSPS) is 23.8. The molecule has 1 aliphatic heterocycles. The van der Waals surface area contributed by atoms with Crippen LogP contribution >= 0.6 is 15.9 Å². The second-order valence-corrected chi connectivity index (χ2v) is 6.87. The third kappa shape index (κ3) is 3.87. The maximum absolute atomic E-state index is 14.0. The SMILES string of the molecule is C=c1nc(NC2CN(C)CC2F)nc(NC)/c1=C(C)/C(Br)=C(/C)N. The monoisotopic (exact) mass is 398 g/mol. The van der Waals surface area contributed by atoms with Gasteiger partial charge in [0.15, 0.2) is 0 Å². The van der Waals surface area contributed by atoms with Crippen molar-refractivity contribution in [2.45, 2.75) is 26.1 Å². The van der Waals surface area contributed by atoms with Gasteiger partial charge in [-0.2, -0.15) is 4.98 Å². The zero-order valence-electron chi connectivity index (χ0n) is 14.5. The maximum atomic E-state index is 14.0. The number of rotatable bonds is 4. The summed E-state index contributed by atoms with van der Waals surface area (Å²) in [7, 11) is 3.66. The average molecular weight is 399 g/mol. The molecule has 2 heterocycles. The van der Waals surface area contributed by atoms with E-state index in [0.717, 1.165) is 15.3 Å².